The molecular weight excluding hydrogens is 604 g/mol. The Morgan fingerprint density at radius 2 is 1.43 bits per heavy atom. The lowest BCUT2D eigenvalue weighted by Crippen LogP contribution is -2.36. The Morgan fingerprint density at radius 1 is 0.841 bits per heavy atom. The number of ether oxygens (including phenoxy) is 1. The molecule has 0 N–H and O–H groups in total. The van der Waals surface area contributed by atoms with Crippen LogP contribution in [0.15, 0.2) is 94.7 Å². The van der Waals surface area contributed by atoms with E-state index in [4.69, 9.17) is 9.15 Å². The number of rotatable bonds is 10. The molecule has 0 saturated carbocycles. The van der Waals surface area contributed by atoms with Crippen molar-refractivity contribution in [2.45, 2.75) is 26.3 Å². The van der Waals surface area contributed by atoms with Gasteiger partial charge in [-0.15, -0.1) is 0 Å². The van der Waals surface area contributed by atoms with E-state index in [9.17, 15) is 25.9 Å². The lowest BCUT2D eigenvalue weighted by atomic mass is 10.1. The Kier molecular flexibility index (Phi) is 7.93. The fraction of sp³-hybridized carbons (Fsp3) is 0.219. The van der Waals surface area contributed by atoms with Crippen LogP contribution in [-0.4, -0.2) is 44.0 Å². The van der Waals surface area contributed by atoms with Gasteiger partial charge in [-0.2, -0.15) is 4.57 Å². The Labute approximate surface area is 255 Å². The molecule has 0 atom stereocenters. The topological polar surface area (TPSA) is 144 Å². The molecule has 2 heterocycles. The average Bonchev–Trinajstić information content (AvgIpc) is 3.45. The van der Waals surface area contributed by atoms with Crippen LogP contribution in [0.4, 0.5) is 5.69 Å². The molecule has 0 radical (unpaired) electrons. The minimum atomic E-state index is -4.38. The molecule has 4 aromatic carbocycles. The molecule has 0 aliphatic carbocycles. The van der Waals surface area contributed by atoms with E-state index in [1.807, 2.05) is 89.2 Å². The van der Waals surface area contributed by atoms with Crippen LogP contribution in [-0.2, 0) is 26.8 Å². The zero-order valence-electron chi connectivity index (χ0n) is 23.8. The zero-order valence-corrected chi connectivity index (χ0v) is 25.4. The van der Waals surface area contributed by atoms with Crippen LogP contribution in [0.3, 0.4) is 0 Å². The van der Waals surface area contributed by atoms with Crippen molar-refractivity contribution in [3.8, 4) is 5.75 Å². The molecule has 5 aromatic rings. The van der Waals surface area contributed by atoms with Gasteiger partial charge in [-0.05, 0) is 58.7 Å². The summed E-state index contributed by atoms with van der Waals surface area (Å²) in [6, 6.07) is 23.4. The second-order valence-electron chi connectivity index (χ2n) is 10.8. The number of benzene rings is 4. The van der Waals surface area contributed by atoms with Gasteiger partial charge < -0.3 is 23.2 Å². The monoisotopic (exact) mass is 633 g/mol. The highest BCUT2D eigenvalue weighted by atomic mass is 32.2. The second-order valence-corrected chi connectivity index (χ2v) is 13.8. The van der Waals surface area contributed by atoms with Crippen LogP contribution >= 0.6 is 0 Å². The van der Waals surface area contributed by atoms with Crippen LogP contribution in [0.25, 0.3) is 38.7 Å². The Hall–Kier alpha value is -4.23. The molecule has 0 spiro atoms. The zero-order chi connectivity index (χ0) is 31.1. The maximum atomic E-state index is 11.3. The van der Waals surface area contributed by atoms with Crippen molar-refractivity contribution in [1.29, 1.82) is 0 Å². The molecule has 1 aromatic heterocycles. The largest absolute Gasteiger partial charge is 0.748 e. The Balaban J connectivity index is 1.39. The number of aryl methyl sites for hydroxylation is 1. The SMILES string of the molecule is CC(=Cc1oc2cc3ccccc3cc2[n+]1CCCS(=O)(=O)[O-])C=C1Oc2cc3ccccc3cc2N1CCCS(=O)(=O)[O-]. The fourth-order valence-corrected chi connectivity index (χ4v) is 6.44. The molecule has 0 amide bonds. The van der Waals surface area contributed by atoms with Gasteiger partial charge in [-0.25, -0.2) is 16.8 Å². The van der Waals surface area contributed by atoms with E-state index in [2.05, 4.69) is 0 Å². The quantitative estimate of drug-likeness (QED) is 0.153. The Bertz CT molecular complexity index is 2180. The number of oxazole rings is 1. The van der Waals surface area contributed by atoms with Crippen LogP contribution in [0, 0.1) is 0 Å². The van der Waals surface area contributed by atoms with Crippen LogP contribution < -0.4 is 14.2 Å². The highest BCUT2D eigenvalue weighted by molar-refractivity contribution is 7.85. The average molecular weight is 634 g/mol. The summed E-state index contributed by atoms with van der Waals surface area (Å²) < 4.78 is 82.2. The van der Waals surface area contributed by atoms with E-state index in [0.29, 0.717) is 23.1 Å². The van der Waals surface area contributed by atoms with Crippen molar-refractivity contribution in [1.82, 2.24) is 0 Å². The van der Waals surface area contributed by atoms with E-state index in [1.165, 1.54) is 0 Å². The molecular formula is C32H29N2O8S2-. The van der Waals surface area contributed by atoms with Crippen molar-refractivity contribution < 1.29 is 39.7 Å². The van der Waals surface area contributed by atoms with Crippen LogP contribution in [0.2, 0.25) is 0 Å². The van der Waals surface area contributed by atoms with Crippen molar-refractivity contribution in [3.63, 3.8) is 0 Å². The summed E-state index contributed by atoms with van der Waals surface area (Å²) in [6.07, 6.45) is 3.82. The number of anilines is 1. The molecule has 44 heavy (non-hydrogen) atoms. The third-order valence-electron chi connectivity index (χ3n) is 7.45. The van der Waals surface area contributed by atoms with Crippen LogP contribution in [0.5, 0.6) is 5.75 Å². The first-order valence-corrected chi connectivity index (χ1v) is 17.2. The molecule has 12 heteroatoms. The van der Waals surface area contributed by atoms with Gasteiger partial charge in [0.2, 0.25) is 11.5 Å². The summed E-state index contributed by atoms with van der Waals surface area (Å²) in [4.78, 5) is 1.85. The normalized spacial score (nSPS) is 15.0. The molecule has 228 valence electrons. The smallest absolute Gasteiger partial charge is 0.374 e. The molecule has 0 saturated heterocycles. The van der Waals surface area contributed by atoms with E-state index >= 15 is 0 Å². The van der Waals surface area contributed by atoms with Gasteiger partial charge in [0.15, 0.2) is 12.3 Å². The second kappa shape index (κ2) is 11.7. The highest BCUT2D eigenvalue weighted by Gasteiger charge is 2.28. The van der Waals surface area contributed by atoms with Crippen LogP contribution in [0.1, 0.15) is 25.7 Å². The summed E-state index contributed by atoms with van der Waals surface area (Å²) in [7, 11) is -8.76. The first-order valence-electron chi connectivity index (χ1n) is 14.0. The predicted molar refractivity (Wildman–Crippen MR) is 166 cm³/mol. The van der Waals surface area contributed by atoms with Crippen molar-refractivity contribution in [2.24, 2.45) is 0 Å². The van der Waals surface area contributed by atoms with E-state index in [1.54, 1.807) is 12.2 Å². The van der Waals surface area contributed by atoms with E-state index in [-0.39, 0.29) is 25.9 Å². The molecule has 1 aliphatic rings. The van der Waals surface area contributed by atoms with E-state index in [0.717, 1.165) is 38.3 Å². The summed E-state index contributed by atoms with van der Waals surface area (Å²) in [5.41, 5.74) is 2.86. The fourth-order valence-electron chi connectivity index (χ4n) is 5.48. The van der Waals surface area contributed by atoms with Crippen molar-refractivity contribution in [2.75, 3.05) is 23.0 Å². The molecule has 0 fully saturated rings. The van der Waals surface area contributed by atoms with Gasteiger partial charge in [0.1, 0.15) is 0 Å². The highest BCUT2D eigenvalue weighted by Crippen LogP contribution is 2.42. The number of nitrogens with zero attached hydrogens (tertiary/aromatic N) is 2. The first-order chi connectivity index (χ1) is 20.9. The summed E-state index contributed by atoms with van der Waals surface area (Å²) >= 11 is 0. The summed E-state index contributed by atoms with van der Waals surface area (Å²) in [6.45, 7) is 2.34. The third kappa shape index (κ3) is 6.63. The molecule has 0 bridgehead atoms. The summed E-state index contributed by atoms with van der Waals surface area (Å²) in [5, 5.41) is 3.94. The predicted octanol–water partition coefficient (Wildman–Crippen LogP) is 5.04. The van der Waals surface area contributed by atoms with E-state index < -0.39 is 31.7 Å². The number of fused-ring (bicyclic) bond motifs is 4. The maximum absolute atomic E-state index is 11.3. The van der Waals surface area contributed by atoms with Gasteiger partial charge in [-0.3, -0.25) is 0 Å². The van der Waals surface area contributed by atoms with Gasteiger partial charge in [0.05, 0.1) is 32.0 Å². The first kappa shape index (κ1) is 29.8. The number of hydrogen-bond donors (Lipinski definition) is 0. The lowest BCUT2D eigenvalue weighted by molar-refractivity contribution is -0.677. The minimum Gasteiger partial charge on any atom is -0.748 e. The van der Waals surface area contributed by atoms with Gasteiger partial charge in [0.25, 0.3) is 5.52 Å². The number of hydrogen-bond acceptors (Lipinski definition) is 9. The third-order valence-corrected chi connectivity index (χ3v) is 9.03. The number of aromatic nitrogens is 1. The van der Waals surface area contributed by atoms with Crippen molar-refractivity contribution >= 4 is 64.6 Å². The minimum absolute atomic E-state index is 0.112. The lowest BCUT2D eigenvalue weighted by Gasteiger charge is -2.19. The summed E-state index contributed by atoms with van der Waals surface area (Å²) in [5.74, 6) is 0.524. The molecule has 1 aliphatic heterocycles. The van der Waals surface area contributed by atoms with Gasteiger partial charge in [-0.1, -0.05) is 48.5 Å². The Morgan fingerprint density at radius 3 is 2.09 bits per heavy atom. The van der Waals surface area contributed by atoms with Crippen molar-refractivity contribution in [3.05, 3.63) is 96.2 Å². The number of allylic oxidation sites excluding steroid dienone is 2. The standard InChI is InChI=1S/C32H30N2O8S2/c1-22(16-31-33(12-6-14-43(35,36)37)27-18-23-8-2-4-10-25(23)20-29(27)41-31)17-32-34(13-7-15-44(38,39)40)28-19-24-9-3-5-11-26(24)21-30(28)42-32/h2-5,8-11,16-21H,6-7,12-15H2,1H3,(H-,35,36,37,38,39,40)/p-1. The molecule has 10 nitrogen and oxygen atoms in total. The van der Waals surface area contributed by atoms with Gasteiger partial charge >= 0.3 is 5.89 Å². The molecule has 6 rings (SSSR count). The molecule has 0 unspecified atom stereocenters. The van der Waals surface area contributed by atoms with Gasteiger partial charge in [0, 0.05) is 36.6 Å². The maximum Gasteiger partial charge on any atom is 0.374 e.